The Morgan fingerprint density at radius 1 is 1.10 bits per heavy atom. The SMILES string of the molecule is COC(=O)C(C)(C)NC(=O)c1cccc(S(=O)(=O)N2CCCc3ccccc32)c1. The smallest absolute Gasteiger partial charge is 0.330 e. The molecule has 1 heterocycles. The zero-order valence-electron chi connectivity index (χ0n) is 16.6. The number of esters is 1. The van der Waals surface area contributed by atoms with Crippen LogP contribution < -0.4 is 9.62 Å². The molecular weight excluding hydrogens is 392 g/mol. The second-order valence-electron chi connectivity index (χ2n) is 7.41. The van der Waals surface area contributed by atoms with Crippen molar-refractivity contribution in [3.63, 3.8) is 0 Å². The molecule has 0 bridgehead atoms. The van der Waals surface area contributed by atoms with Crippen LogP contribution in [0.25, 0.3) is 0 Å². The number of nitrogens with zero attached hydrogens (tertiary/aromatic N) is 1. The van der Waals surface area contributed by atoms with Crippen LogP contribution in [0.4, 0.5) is 5.69 Å². The van der Waals surface area contributed by atoms with Gasteiger partial charge in [0, 0.05) is 12.1 Å². The number of carbonyl (C=O) groups excluding carboxylic acids is 2. The van der Waals surface area contributed by atoms with E-state index in [2.05, 4.69) is 10.1 Å². The van der Waals surface area contributed by atoms with E-state index in [9.17, 15) is 18.0 Å². The molecule has 1 amide bonds. The minimum absolute atomic E-state index is 0.0257. The Morgan fingerprint density at radius 3 is 2.55 bits per heavy atom. The van der Waals surface area contributed by atoms with Gasteiger partial charge in [-0.3, -0.25) is 9.10 Å². The fraction of sp³-hybridized carbons (Fsp3) is 0.333. The van der Waals surface area contributed by atoms with Gasteiger partial charge in [-0.25, -0.2) is 13.2 Å². The molecule has 0 fully saturated rings. The molecule has 0 aliphatic carbocycles. The predicted octanol–water partition coefficient (Wildman–Crippen LogP) is 2.51. The lowest BCUT2D eigenvalue weighted by molar-refractivity contribution is -0.146. The Labute approximate surface area is 170 Å². The number of aryl methyl sites for hydroxylation is 1. The van der Waals surface area contributed by atoms with Gasteiger partial charge in [0.15, 0.2) is 0 Å². The number of para-hydroxylation sites is 1. The summed E-state index contributed by atoms with van der Waals surface area (Å²) >= 11 is 0. The first-order valence-corrected chi connectivity index (χ1v) is 10.7. The molecule has 154 valence electrons. The van der Waals surface area contributed by atoms with Crippen molar-refractivity contribution in [2.24, 2.45) is 0 Å². The average molecular weight is 416 g/mol. The van der Waals surface area contributed by atoms with E-state index in [1.807, 2.05) is 18.2 Å². The van der Waals surface area contributed by atoms with E-state index < -0.39 is 27.4 Å². The molecule has 0 saturated heterocycles. The van der Waals surface area contributed by atoms with Gasteiger partial charge in [-0.05, 0) is 56.5 Å². The number of ether oxygens (including phenoxy) is 1. The van der Waals surface area contributed by atoms with E-state index in [4.69, 9.17) is 0 Å². The topological polar surface area (TPSA) is 92.8 Å². The number of anilines is 1. The van der Waals surface area contributed by atoms with E-state index in [1.165, 1.54) is 49.5 Å². The quantitative estimate of drug-likeness (QED) is 0.756. The Bertz CT molecular complexity index is 1050. The maximum Gasteiger partial charge on any atom is 0.330 e. The van der Waals surface area contributed by atoms with Crippen LogP contribution in [-0.4, -0.2) is 39.5 Å². The van der Waals surface area contributed by atoms with Gasteiger partial charge in [0.05, 0.1) is 17.7 Å². The highest BCUT2D eigenvalue weighted by Crippen LogP contribution is 2.32. The largest absolute Gasteiger partial charge is 0.467 e. The second-order valence-corrected chi connectivity index (χ2v) is 9.27. The van der Waals surface area contributed by atoms with Crippen LogP contribution in [0.3, 0.4) is 0 Å². The first kappa shape index (κ1) is 20.9. The molecule has 3 rings (SSSR count). The molecule has 2 aromatic rings. The fourth-order valence-electron chi connectivity index (χ4n) is 3.34. The lowest BCUT2D eigenvalue weighted by Gasteiger charge is -2.30. The molecule has 1 aliphatic rings. The summed E-state index contributed by atoms with van der Waals surface area (Å²) < 4.78 is 32.6. The van der Waals surface area contributed by atoms with Crippen LogP contribution in [0.2, 0.25) is 0 Å². The summed E-state index contributed by atoms with van der Waals surface area (Å²) in [4.78, 5) is 24.4. The molecule has 29 heavy (non-hydrogen) atoms. The molecule has 0 saturated carbocycles. The summed E-state index contributed by atoms with van der Waals surface area (Å²) in [5.74, 6) is -1.16. The summed E-state index contributed by atoms with van der Waals surface area (Å²) in [6.45, 7) is 3.41. The highest BCUT2D eigenvalue weighted by Gasteiger charge is 2.32. The van der Waals surface area contributed by atoms with Crippen LogP contribution >= 0.6 is 0 Å². The number of rotatable bonds is 5. The van der Waals surface area contributed by atoms with Crippen molar-refractivity contribution in [3.05, 3.63) is 59.7 Å². The van der Waals surface area contributed by atoms with Crippen LogP contribution in [0.5, 0.6) is 0 Å². The number of amides is 1. The Morgan fingerprint density at radius 2 is 1.83 bits per heavy atom. The number of methoxy groups -OCH3 is 1. The average Bonchev–Trinajstić information content (AvgIpc) is 2.72. The maximum atomic E-state index is 13.3. The van der Waals surface area contributed by atoms with Crippen molar-refractivity contribution in [3.8, 4) is 0 Å². The minimum Gasteiger partial charge on any atom is -0.467 e. The summed E-state index contributed by atoms with van der Waals surface area (Å²) in [7, 11) is -2.60. The van der Waals surface area contributed by atoms with E-state index >= 15 is 0 Å². The van der Waals surface area contributed by atoms with Crippen molar-refractivity contribution in [1.82, 2.24) is 5.32 Å². The molecule has 0 radical (unpaired) electrons. The first-order chi connectivity index (χ1) is 13.7. The molecule has 0 aromatic heterocycles. The van der Waals surface area contributed by atoms with Gasteiger partial charge >= 0.3 is 5.97 Å². The van der Waals surface area contributed by atoms with Crippen LogP contribution in [0.15, 0.2) is 53.4 Å². The van der Waals surface area contributed by atoms with E-state index in [0.717, 1.165) is 18.4 Å². The van der Waals surface area contributed by atoms with Gasteiger partial charge in [0.25, 0.3) is 15.9 Å². The van der Waals surface area contributed by atoms with Crippen LogP contribution in [0.1, 0.15) is 36.2 Å². The van der Waals surface area contributed by atoms with Gasteiger partial charge in [-0.1, -0.05) is 24.3 Å². The van der Waals surface area contributed by atoms with Gasteiger partial charge in [0.2, 0.25) is 0 Å². The van der Waals surface area contributed by atoms with E-state index in [1.54, 1.807) is 6.07 Å². The zero-order valence-corrected chi connectivity index (χ0v) is 17.5. The molecule has 1 aliphatic heterocycles. The molecule has 1 N–H and O–H groups in total. The third kappa shape index (κ3) is 4.12. The number of benzene rings is 2. The number of hydrogen-bond donors (Lipinski definition) is 1. The number of nitrogens with one attached hydrogen (secondary N) is 1. The molecule has 0 atom stereocenters. The van der Waals surface area contributed by atoms with Gasteiger partial charge in [-0.2, -0.15) is 0 Å². The summed E-state index contributed by atoms with van der Waals surface area (Å²) in [6, 6.07) is 13.2. The second kappa shape index (κ2) is 7.87. The van der Waals surface area contributed by atoms with Gasteiger partial charge in [0.1, 0.15) is 5.54 Å². The summed E-state index contributed by atoms with van der Waals surface area (Å²) in [5.41, 5.74) is 0.553. The predicted molar refractivity (Wildman–Crippen MR) is 109 cm³/mol. The molecule has 0 spiro atoms. The lowest BCUT2D eigenvalue weighted by Crippen LogP contribution is -2.50. The van der Waals surface area contributed by atoms with Crippen molar-refractivity contribution in [1.29, 1.82) is 0 Å². The number of hydrogen-bond acceptors (Lipinski definition) is 5. The first-order valence-electron chi connectivity index (χ1n) is 9.28. The standard InChI is InChI=1S/C21H24N2O5S/c1-21(2,20(25)28-3)22-19(24)16-9-6-11-17(14-16)29(26,27)23-13-7-10-15-8-4-5-12-18(15)23/h4-6,8-9,11-12,14H,7,10,13H2,1-3H3,(H,22,24). The molecule has 8 heteroatoms. The molecular formula is C21H24N2O5S. The van der Waals surface area contributed by atoms with Crippen molar-refractivity contribution >= 4 is 27.6 Å². The maximum absolute atomic E-state index is 13.3. The minimum atomic E-state index is -3.83. The lowest BCUT2D eigenvalue weighted by atomic mass is 10.0. The van der Waals surface area contributed by atoms with Crippen LogP contribution in [0, 0.1) is 0 Å². The summed E-state index contributed by atoms with van der Waals surface area (Å²) in [5, 5.41) is 2.58. The third-order valence-corrected chi connectivity index (χ3v) is 6.68. The number of carbonyl (C=O) groups is 2. The normalized spacial score (nSPS) is 14.1. The van der Waals surface area contributed by atoms with Gasteiger partial charge in [-0.15, -0.1) is 0 Å². The molecule has 2 aromatic carbocycles. The number of sulfonamides is 1. The van der Waals surface area contributed by atoms with Crippen molar-refractivity contribution in [2.45, 2.75) is 37.1 Å². The van der Waals surface area contributed by atoms with Crippen LogP contribution in [-0.2, 0) is 26.0 Å². The Kier molecular flexibility index (Phi) is 5.66. The highest BCUT2D eigenvalue weighted by atomic mass is 32.2. The molecule has 0 unspecified atom stereocenters. The molecule has 7 nitrogen and oxygen atoms in total. The fourth-order valence-corrected chi connectivity index (χ4v) is 4.92. The zero-order chi connectivity index (χ0) is 21.2. The van der Waals surface area contributed by atoms with E-state index in [0.29, 0.717) is 12.2 Å². The Hall–Kier alpha value is -2.87. The van der Waals surface area contributed by atoms with Crippen molar-refractivity contribution in [2.75, 3.05) is 18.0 Å². The van der Waals surface area contributed by atoms with Crippen molar-refractivity contribution < 1.29 is 22.7 Å². The Balaban J connectivity index is 1.92. The third-order valence-electron chi connectivity index (χ3n) is 4.87. The summed E-state index contributed by atoms with van der Waals surface area (Å²) in [6.07, 6.45) is 1.55. The highest BCUT2D eigenvalue weighted by molar-refractivity contribution is 7.92. The van der Waals surface area contributed by atoms with E-state index in [-0.39, 0.29) is 10.5 Å². The number of fused-ring (bicyclic) bond motifs is 1. The van der Waals surface area contributed by atoms with Gasteiger partial charge < -0.3 is 10.1 Å². The monoisotopic (exact) mass is 416 g/mol.